The molecule has 5 heteroatoms. The summed E-state index contributed by atoms with van der Waals surface area (Å²) in [5.41, 5.74) is 3.38. The van der Waals surface area contributed by atoms with Gasteiger partial charge in [-0.25, -0.2) is 4.98 Å². The Labute approximate surface area is 112 Å². The molecule has 0 saturated carbocycles. The summed E-state index contributed by atoms with van der Waals surface area (Å²) in [7, 11) is 3.79. The zero-order valence-electron chi connectivity index (χ0n) is 11.0. The van der Waals surface area contributed by atoms with Gasteiger partial charge in [0.1, 0.15) is 6.33 Å². The number of hydrogen-bond acceptors (Lipinski definition) is 4. The van der Waals surface area contributed by atoms with Crippen LogP contribution >= 0.6 is 12.2 Å². The van der Waals surface area contributed by atoms with E-state index in [4.69, 9.17) is 12.2 Å². The minimum absolute atomic E-state index is 0.520. The molecule has 0 saturated heterocycles. The first-order chi connectivity index (χ1) is 8.50. The molecule has 0 bridgehead atoms. The highest BCUT2D eigenvalue weighted by molar-refractivity contribution is 7.71. The maximum absolute atomic E-state index is 5.35. The maximum Gasteiger partial charge on any atom is 0.228 e. The number of nitrogens with zero attached hydrogens (tertiary/aromatic N) is 4. The molecule has 0 amide bonds. The van der Waals surface area contributed by atoms with Crippen molar-refractivity contribution < 1.29 is 0 Å². The van der Waals surface area contributed by atoms with Crippen LogP contribution in [0.1, 0.15) is 11.1 Å². The number of rotatable bonds is 2. The van der Waals surface area contributed by atoms with E-state index in [2.05, 4.69) is 35.9 Å². The first kappa shape index (κ1) is 12.7. The number of aromatic nitrogens is 3. The molecular formula is C13H16N4S. The smallest absolute Gasteiger partial charge is 0.228 e. The SMILES string of the molecule is Cc1cccc(C)c1-n1cnc(N(C)C)nc1=S. The van der Waals surface area contributed by atoms with E-state index in [9.17, 15) is 0 Å². The Morgan fingerprint density at radius 2 is 1.78 bits per heavy atom. The van der Waals surface area contributed by atoms with E-state index >= 15 is 0 Å². The summed E-state index contributed by atoms with van der Waals surface area (Å²) >= 11 is 5.35. The molecule has 4 nitrogen and oxygen atoms in total. The van der Waals surface area contributed by atoms with Crippen LogP contribution < -0.4 is 4.90 Å². The van der Waals surface area contributed by atoms with Crippen LogP contribution in [0.25, 0.3) is 5.69 Å². The molecule has 2 rings (SSSR count). The van der Waals surface area contributed by atoms with Crippen molar-refractivity contribution >= 4 is 18.2 Å². The Hall–Kier alpha value is -1.75. The second kappa shape index (κ2) is 4.86. The third-order valence-electron chi connectivity index (χ3n) is 2.77. The van der Waals surface area contributed by atoms with E-state index in [1.807, 2.05) is 29.6 Å². The molecule has 0 spiro atoms. The first-order valence-corrected chi connectivity index (χ1v) is 6.11. The molecule has 1 aromatic heterocycles. The summed E-state index contributed by atoms with van der Waals surface area (Å²) in [6, 6.07) is 6.15. The van der Waals surface area contributed by atoms with Crippen molar-refractivity contribution in [1.82, 2.24) is 14.5 Å². The van der Waals surface area contributed by atoms with E-state index in [0.717, 1.165) is 16.8 Å². The van der Waals surface area contributed by atoms with Gasteiger partial charge in [0.05, 0.1) is 5.69 Å². The molecule has 0 fully saturated rings. The predicted octanol–water partition coefficient (Wildman–Crippen LogP) is 2.68. The molecule has 1 heterocycles. The van der Waals surface area contributed by atoms with Crippen molar-refractivity contribution in [3.05, 3.63) is 40.4 Å². The Bertz CT molecular complexity index is 611. The van der Waals surface area contributed by atoms with E-state index < -0.39 is 0 Å². The molecule has 0 unspecified atom stereocenters. The second-order valence-corrected chi connectivity index (χ2v) is 4.81. The molecule has 0 atom stereocenters. The molecule has 94 valence electrons. The maximum atomic E-state index is 5.35. The summed E-state index contributed by atoms with van der Waals surface area (Å²) in [4.78, 5) is 10.5. The van der Waals surface area contributed by atoms with Gasteiger partial charge in [-0.1, -0.05) is 18.2 Å². The lowest BCUT2D eigenvalue weighted by molar-refractivity contribution is 0.855. The summed E-state index contributed by atoms with van der Waals surface area (Å²) < 4.78 is 2.37. The van der Waals surface area contributed by atoms with Crippen LogP contribution in [0.5, 0.6) is 0 Å². The van der Waals surface area contributed by atoms with Crippen LogP contribution in [0, 0.1) is 18.6 Å². The Morgan fingerprint density at radius 3 is 2.28 bits per heavy atom. The summed E-state index contributed by atoms with van der Waals surface area (Å²) in [5, 5.41) is 0. The number of para-hydroxylation sites is 1. The Morgan fingerprint density at radius 1 is 1.17 bits per heavy atom. The highest BCUT2D eigenvalue weighted by atomic mass is 32.1. The van der Waals surface area contributed by atoms with Gasteiger partial charge in [-0.15, -0.1) is 0 Å². The van der Waals surface area contributed by atoms with Crippen LogP contribution in [-0.2, 0) is 0 Å². The van der Waals surface area contributed by atoms with Crippen molar-refractivity contribution in [1.29, 1.82) is 0 Å². The van der Waals surface area contributed by atoms with Crippen molar-refractivity contribution in [2.45, 2.75) is 13.8 Å². The van der Waals surface area contributed by atoms with Gasteiger partial charge >= 0.3 is 0 Å². The van der Waals surface area contributed by atoms with Crippen LogP contribution in [0.15, 0.2) is 24.5 Å². The van der Waals surface area contributed by atoms with Crippen molar-refractivity contribution in [3.8, 4) is 5.69 Å². The normalized spacial score (nSPS) is 10.4. The van der Waals surface area contributed by atoms with E-state index in [-0.39, 0.29) is 0 Å². The third kappa shape index (κ3) is 2.26. The Balaban J connectivity index is 2.63. The molecule has 2 aromatic rings. The molecule has 0 aliphatic carbocycles. The van der Waals surface area contributed by atoms with Crippen molar-refractivity contribution in [2.75, 3.05) is 19.0 Å². The van der Waals surface area contributed by atoms with Gasteiger partial charge in [-0.2, -0.15) is 4.98 Å². The average molecular weight is 260 g/mol. The monoisotopic (exact) mass is 260 g/mol. The van der Waals surface area contributed by atoms with Gasteiger partial charge in [0.15, 0.2) is 0 Å². The molecule has 0 aliphatic rings. The van der Waals surface area contributed by atoms with Crippen LogP contribution in [0.3, 0.4) is 0 Å². The fourth-order valence-electron chi connectivity index (χ4n) is 1.88. The van der Waals surface area contributed by atoms with Crippen LogP contribution in [-0.4, -0.2) is 28.6 Å². The summed E-state index contributed by atoms with van der Waals surface area (Å²) in [5.74, 6) is 0.627. The number of anilines is 1. The number of benzene rings is 1. The van der Waals surface area contributed by atoms with Crippen LogP contribution in [0.4, 0.5) is 5.95 Å². The van der Waals surface area contributed by atoms with Gasteiger partial charge in [-0.05, 0) is 37.2 Å². The highest BCUT2D eigenvalue weighted by Gasteiger charge is 2.07. The molecule has 0 N–H and O–H groups in total. The fraction of sp³-hybridized carbons (Fsp3) is 0.308. The van der Waals surface area contributed by atoms with Gasteiger partial charge in [0.25, 0.3) is 0 Å². The number of hydrogen-bond donors (Lipinski definition) is 0. The lowest BCUT2D eigenvalue weighted by atomic mass is 10.1. The molecule has 1 aromatic carbocycles. The molecule has 0 aliphatic heterocycles. The lowest BCUT2D eigenvalue weighted by Gasteiger charge is -2.15. The topological polar surface area (TPSA) is 34.0 Å². The molecular weight excluding hydrogens is 244 g/mol. The average Bonchev–Trinajstić information content (AvgIpc) is 2.30. The quantitative estimate of drug-likeness (QED) is 0.777. The highest BCUT2D eigenvalue weighted by Crippen LogP contribution is 2.18. The van der Waals surface area contributed by atoms with Crippen molar-refractivity contribution in [3.63, 3.8) is 0 Å². The van der Waals surface area contributed by atoms with Crippen molar-refractivity contribution in [2.24, 2.45) is 0 Å². The van der Waals surface area contributed by atoms with Crippen LogP contribution in [0.2, 0.25) is 0 Å². The fourth-order valence-corrected chi connectivity index (χ4v) is 2.10. The zero-order chi connectivity index (χ0) is 13.3. The minimum Gasteiger partial charge on any atom is -0.347 e. The van der Waals surface area contributed by atoms with Gasteiger partial charge < -0.3 is 4.90 Å². The third-order valence-corrected chi connectivity index (χ3v) is 3.06. The number of aryl methyl sites for hydroxylation is 2. The first-order valence-electron chi connectivity index (χ1n) is 5.70. The molecule has 18 heavy (non-hydrogen) atoms. The zero-order valence-corrected chi connectivity index (χ0v) is 11.8. The molecule has 0 radical (unpaired) electrons. The second-order valence-electron chi connectivity index (χ2n) is 4.44. The van der Waals surface area contributed by atoms with E-state index in [1.54, 1.807) is 6.33 Å². The predicted molar refractivity (Wildman–Crippen MR) is 76.0 cm³/mol. The van der Waals surface area contributed by atoms with Gasteiger partial charge in [0, 0.05) is 14.1 Å². The standard InChI is InChI=1S/C13H16N4S/c1-9-6-5-7-10(2)11(9)17-8-14-12(16(3)4)15-13(17)18/h5-8H,1-4H3. The van der Waals surface area contributed by atoms with E-state index in [0.29, 0.717) is 10.7 Å². The lowest BCUT2D eigenvalue weighted by Crippen LogP contribution is -2.15. The minimum atomic E-state index is 0.520. The Kier molecular flexibility index (Phi) is 3.43. The van der Waals surface area contributed by atoms with Gasteiger partial charge in [-0.3, -0.25) is 4.57 Å². The largest absolute Gasteiger partial charge is 0.347 e. The summed E-state index contributed by atoms with van der Waals surface area (Å²) in [6.07, 6.45) is 1.74. The van der Waals surface area contributed by atoms with E-state index in [1.165, 1.54) is 0 Å². The summed E-state index contributed by atoms with van der Waals surface area (Å²) in [6.45, 7) is 4.12. The van der Waals surface area contributed by atoms with Gasteiger partial charge in [0.2, 0.25) is 10.7 Å².